The van der Waals surface area contributed by atoms with Crippen molar-refractivity contribution in [3.8, 4) is 0 Å². The number of hydrogen-bond donors (Lipinski definition) is 1. The van der Waals surface area contributed by atoms with Crippen LogP contribution < -0.4 is 4.83 Å². The number of hydrogen-bond acceptors (Lipinski definition) is 3. The topological polar surface area (TPSA) is 58.5 Å². The highest BCUT2D eigenvalue weighted by atomic mass is 35.5. The van der Waals surface area contributed by atoms with E-state index in [1.54, 1.807) is 0 Å². The lowest BCUT2D eigenvalue weighted by molar-refractivity contribution is 0.585. The molecular weight excluding hydrogens is 331 g/mol. The monoisotopic (exact) mass is 342 g/mol. The second-order valence-corrected chi connectivity index (χ2v) is 6.81. The molecule has 2 aromatic rings. The van der Waals surface area contributed by atoms with Gasteiger partial charge in [0, 0.05) is 5.02 Å². The van der Waals surface area contributed by atoms with Gasteiger partial charge in [-0.25, -0.2) is 4.83 Å². The van der Waals surface area contributed by atoms with Crippen molar-refractivity contribution in [2.75, 3.05) is 0 Å². The van der Waals surface area contributed by atoms with Crippen LogP contribution in [0.25, 0.3) is 0 Å². The molecule has 4 nitrogen and oxygen atoms in total. The van der Waals surface area contributed by atoms with Crippen molar-refractivity contribution >= 4 is 39.4 Å². The number of nitrogens with zero attached hydrogens (tertiary/aromatic N) is 1. The molecule has 2 rings (SSSR count). The van der Waals surface area contributed by atoms with Crippen molar-refractivity contribution in [1.29, 1.82) is 0 Å². The maximum absolute atomic E-state index is 12.1. The number of halogens is 2. The predicted octanol–water partition coefficient (Wildman–Crippen LogP) is 3.61. The number of nitrogens with one attached hydrogen (secondary N) is 1. The van der Waals surface area contributed by atoms with Gasteiger partial charge in [-0.05, 0) is 30.7 Å². The molecule has 0 amide bonds. The van der Waals surface area contributed by atoms with Crippen LogP contribution in [0.2, 0.25) is 10.0 Å². The Morgan fingerprint density at radius 3 is 2.43 bits per heavy atom. The predicted molar refractivity (Wildman–Crippen MR) is 85.6 cm³/mol. The van der Waals surface area contributed by atoms with Gasteiger partial charge in [-0.2, -0.15) is 13.5 Å². The van der Waals surface area contributed by atoms with Crippen molar-refractivity contribution in [3.63, 3.8) is 0 Å². The third kappa shape index (κ3) is 4.20. The molecule has 7 heteroatoms. The molecule has 110 valence electrons. The Balaban J connectivity index is 2.18. The van der Waals surface area contributed by atoms with Crippen molar-refractivity contribution < 1.29 is 8.42 Å². The molecule has 0 saturated carbocycles. The van der Waals surface area contributed by atoms with Crippen LogP contribution in [0.4, 0.5) is 0 Å². The van der Waals surface area contributed by atoms with Gasteiger partial charge in [0.05, 0.1) is 11.2 Å². The third-order valence-electron chi connectivity index (χ3n) is 2.65. The third-order valence-corrected chi connectivity index (χ3v) is 4.59. The standard InChI is InChI=1S/C14H12Cl2N2O2S/c1-10-2-4-11(5-3-10)9-17-18-21(19,20)14-8-12(15)6-7-13(14)16/h2-9,18H,1H3/b17-9+. The van der Waals surface area contributed by atoms with Crippen LogP contribution >= 0.6 is 23.2 Å². The second kappa shape index (κ2) is 6.47. The first-order chi connectivity index (χ1) is 9.88. The Morgan fingerprint density at radius 2 is 1.76 bits per heavy atom. The number of sulfonamides is 1. The average molecular weight is 343 g/mol. The van der Waals surface area contributed by atoms with Crippen molar-refractivity contribution in [2.24, 2.45) is 5.10 Å². The summed E-state index contributed by atoms with van der Waals surface area (Å²) in [5.74, 6) is 0. The van der Waals surface area contributed by atoms with Crippen LogP contribution in [0.3, 0.4) is 0 Å². The molecule has 0 fully saturated rings. The van der Waals surface area contributed by atoms with E-state index < -0.39 is 10.0 Å². The lowest BCUT2D eigenvalue weighted by Gasteiger charge is -2.05. The maximum Gasteiger partial charge on any atom is 0.278 e. The van der Waals surface area contributed by atoms with Crippen LogP contribution in [0.15, 0.2) is 52.5 Å². The molecule has 0 aliphatic rings. The zero-order valence-corrected chi connectivity index (χ0v) is 13.4. The molecule has 1 N–H and O–H groups in total. The van der Waals surface area contributed by atoms with Crippen LogP contribution in [0, 0.1) is 6.92 Å². The molecule has 0 heterocycles. The fraction of sp³-hybridized carbons (Fsp3) is 0.0714. The van der Waals surface area contributed by atoms with Gasteiger partial charge in [-0.1, -0.05) is 53.0 Å². The summed E-state index contributed by atoms with van der Waals surface area (Å²) in [6.07, 6.45) is 1.41. The number of rotatable bonds is 4. The molecule has 0 spiro atoms. The van der Waals surface area contributed by atoms with Crippen molar-refractivity contribution in [1.82, 2.24) is 4.83 Å². The maximum atomic E-state index is 12.1. The first-order valence-corrected chi connectivity index (χ1v) is 8.19. The zero-order chi connectivity index (χ0) is 15.5. The molecular formula is C14H12Cl2N2O2S. The Kier molecular flexibility index (Phi) is 4.88. The summed E-state index contributed by atoms with van der Waals surface area (Å²) in [5.41, 5.74) is 1.89. The van der Waals surface area contributed by atoms with E-state index in [9.17, 15) is 8.42 Å². The minimum absolute atomic E-state index is 0.0810. The minimum atomic E-state index is -3.86. The summed E-state index contributed by atoms with van der Waals surface area (Å²) in [7, 11) is -3.86. The van der Waals surface area contributed by atoms with Gasteiger partial charge in [0.2, 0.25) is 0 Å². The molecule has 21 heavy (non-hydrogen) atoms. The van der Waals surface area contributed by atoms with E-state index in [0.717, 1.165) is 11.1 Å². The first-order valence-electron chi connectivity index (χ1n) is 5.95. The van der Waals surface area contributed by atoms with E-state index >= 15 is 0 Å². The van der Waals surface area contributed by atoms with Gasteiger partial charge in [-0.15, -0.1) is 0 Å². The summed E-state index contributed by atoms with van der Waals surface area (Å²) in [6, 6.07) is 11.7. The van der Waals surface area contributed by atoms with E-state index in [1.807, 2.05) is 31.2 Å². The van der Waals surface area contributed by atoms with Gasteiger partial charge < -0.3 is 0 Å². The SMILES string of the molecule is Cc1ccc(/C=N/NS(=O)(=O)c2cc(Cl)ccc2Cl)cc1. The molecule has 0 saturated heterocycles. The van der Waals surface area contributed by atoms with Gasteiger partial charge in [-0.3, -0.25) is 0 Å². The minimum Gasteiger partial charge on any atom is -0.200 e. The molecule has 0 aliphatic carbocycles. The van der Waals surface area contributed by atoms with Gasteiger partial charge >= 0.3 is 0 Å². The normalized spacial score (nSPS) is 11.8. The molecule has 0 bridgehead atoms. The fourth-order valence-corrected chi connectivity index (χ4v) is 3.11. The summed E-state index contributed by atoms with van der Waals surface area (Å²) >= 11 is 11.6. The van der Waals surface area contributed by atoms with E-state index in [4.69, 9.17) is 23.2 Å². The Bertz CT molecular complexity index is 772. The van der Waals surface area contributed by atoms with Crippen molar-refractivity contribution in [3.05, 3.63) is 63.6 Å². The molecule has 2 aromatic carbocycles. The van der Waals surface area contributed by atoms with E-state index in [1.165, 1.54) is 24.4 Å². The highest BCUT2D eigenvalue weighted by molar-refractivity contribution is 7.89. The van der Waals surface area contributed by atoms with Crippen molar-refractivity contribution in [2.45, 2.75) is 11.8 Å². The Labute approximate surface area is 133 Å². The molecule has 0 unspecified atom stereocenters. The highest BCUT2D eigenvalue weighted by Crippen LogP contribution is 2.24. The van der Waals surface area contributed by atoms with E-state index in [-0.39, 0.29) is 14.9 Å². The van der Waals surface area contributed by atoms with Gasteiger partial charge in [0.25, 0.3) is 10.0 Å². The molecule has 0 atom stereocenters. The van der Waals surface area contributed by atoms with Crippen LogP contribution in [-0.2, 0) is 10.0 Å². The highest BCUT2D eigenvalue weighted by Gasteiger charge is 2.17. The zero-order valence-electron chi connectivity index (χ0n) is 11.0. The Morgan fingerprint density at radius 1 is 1.10 bits per heavy atom. The second-order valence-electron chi connectivity index (χ2n) is 4.34. The largest absolute Gasteiger partial charge is 0.278 e. The fourth-order valence-electron chi connectivity index (χ4n) is 1.56. The van der Waals surface area contributed by atoms with Crippen LogP contribution in [0.5, 0.6) is 0 Å². The number of aryl methyl sites for hydroxylation is 1. The summed E-state index contributed by atoms with van der Waals surface area (Å²) in [4.78, 5) is 1.99. The molecule has 0 radical (unpaired) electrons. The molecule has 0 aromatic heterocycles. The van der Waals surface area contributed by atoms with Gasteiger partial charge in [0.1, 0.15) is 4.90 Å². The lowest BCUT2D eigenvalue weighted by atomic mass is 10.2. The Hall–Kier alpha value is -1.56. The average Bonchev–Trinajstić information content (AvgIpc) is 2.43. The van der Waals surface area contributed by atoms with E-state index in [0.29, 0.717) is 0 Å². The smallest absolute Gasteiger partial charge is 0.200 e. The molecule has 0 aliphatic heterocycles. The van der Waals surface area contributed by atoms with Gasteiger partial charge in [0.15, 0.2) is 0 Å². The van der Waals surface area contributed by atoms with Crippen LogP contribution in [0.1, 0.15) is 11.1 Å². The summed E-state index contributed by atoms with van der Waals surface area (Å²) in [5, 5.41) is 4.09. The summed E-state index contributed by atoms with van der Waals surface area (Å²) < 4.78 is 24.2. The number of hydrazone groups is 1. The summed E-state index contributed by atoms with van der Waals surface area (Å²) in [6.45, 7) is 1.96. The quantitative estimate of drug-likeness (QED) is 0.681. The van der Waals surface area contributed by atoms with E-state index in [2.05, 4.69) is 9.93 Å². The first kappa shape index (κ1) is 15.8. The number of benzene rings is 2. The lowest BCUT2D eigenvalue weighted by Crippen LogP contribution is -2.18. The van der Waals surface area contributed by atoms with Crippen LogP contribution in [-0.4, -0.2) is 14.6 Å².